The third kappa shape index (κ3) is 3.42. The van der Waals surface area contributed by atoms with Crippen molar-refractivity contribution in [1.29, 1.82) is 0 Å². The lowest BCUT2D eigenvalue weighted by Gasteiger charge is -2.39. The van der Waals surface area contributed by atoms with Crippen LogP contribution in [-0.2, 0) is 0 Å². The number of hydrogen-bond acceptors (Lipinski definition) is 4. The molecule has 0 spiro atoms. The Bertz CT molecular complexity index is 441. The molecule has 1 fully saturated rings. The summed E-state index contributed by atoms with van der Waals surface area (Å²) in [6, 6.07) is 6.41. The predicted molar refractivity (Wildman–Crippen MR) is 83.6 cm³/mol. The van der Waals surface area contributed by atoms with E-state index in [4.69, 9.17) is 18.0 Å². The van der Waals surface area contributed by atoms with Crippen LogP contribution < -0.4 is 10.6 Å². The molecule has 19 heavy (non-hydrogen) atoms. The minimum Gasteiger partial charge on any atom is -0.392 e. The van der Waals surface area contributed by atoms with Gasteiger partial charge < -0.3 is 10.6 Å². The molecule has 1 aliphatic heterocycles. The average Bonchev–Trinajstić information content (AvgIpc) is 2.40. The molecule has 1 aromatic heterocycles. The summed E-state index contributed by atoms with van der Waals surface area (Å²) in [5, 5.41) is 0. The number of thiocarbonyl (C=S) groups is 1. The van der Waals surface area contributed by atoms with Crippen molar-refractivity contribution >= 4 is 23.0 Å². The summed E-state index contributed by atoms with van der Waals surface area (Å²) in [4.78, 5) is 9.91. The molecule has 5 heteroatoms. The Morgan fingerprint density at radius 1 is 1.37 bits per heavy atom. The van der Waals surface area contributed by atoms with Crippen LogP contribution in [0, 0.1) is 6.92 Å². The number of hydrogen-bond donors (Lipinski definition) is 1. The van der Waals surface area contributed by atoms with Crippen molar-refractivity contribution in [2.75, 3.05) is 31.1 Å². The van der Waals surface area contributed by atoms with E-state index in [-0.39, 0.29) is 6.04 Å². The second kappa shape index (κ2) is 6.30. The number of pyridine rings is 1. The van der Waals surface area contributed by atoms with Gasteiger partial charge in [0.2, 0.25) is 0 Å². The molecule has 4 nitrogen and oxygen atoms in total. The number of nitrogens with two attached hydrogens (primary N) is 1. The molecule has 2 heterocycles. The molecule has 104 valence electrons. The van der Waals surface area contributed by atoms with Crippen LogP contribution in [0.4, 0.5) is 5.82 Å². The van der Waals surface area contributed by atoms with Gasteiger partial charge in [0.05, 0.1) is 11.0 Å². The second-order valence-corrected chi connectivity index (χ2v) is 5.46. The van der Waals surface area contributed by atoms with Crippen LogP contribution in [0.1, 0.15) is 19.0 Å². The average molecular weight is 278 g/mol. The monoisotopic (exact) mass is 278 g/mol. The Hall–Kier alpha value is -1.20. The van der Waals surface area contributed by atoms with Crippen LogP contribution in [0.25, 0.3) is 0 Å². The van der Waals surface area contributed by atoms with Crippen molar-refractivity contribution in [3.8, 4) is 0 Å². The maximum atomic E-state index is 5.81. The zero-order valence-corrected chi connectivity index (χ0v) is 12.5. The highest BCUT2D eigenvalue weighted by Gasteiger charge is 2.24. The fourth-order valence-corrected chi connectivity index (χ4v) is 2.92. The van der Waals surface area contributed by atoms with Gasteiger partial charge in [0, 0.05) is 31.9 Å². The molecule has 1 saturated heterocycles. The van der Waals surface area contributed by atoms with Gasteiger partial charge in [0.25, 0.3) is 0 Å². The first kappa shape index (κ1) is 14.2. The molecule has 0 radical (unpaired) electrons. The molecule has 0 aromatic carbocycles. The zero-order chi connectivity index (χ0) is 13.8. The summed E-state index contributed by atoms with van der Waals surface area (Å²) in [6.45, 7) is 8.11. The molecular weight excluding hydrogens is 256 g/mol. The number of anilines is 1. The first-order valence-electron chi connectivity index (χ1n) is 6.83. The van der Waals surface area contributed by atoms with Gasteiger partial charge in [0.1, 0.15) is 5.82 Å². The van der Waals surface area contributed by atoms with E-state index in [1.165, 1.54) is 0 Å². The molecule has 0 amide bonds. The summed E-state index contributed by atoms with van der Waals surface area (Å²) in [5.74, 6) is 1.07. The molecule has 1 unspecified atom stereocenters. The normalized spacial score (nSPS) is 18.3. The van der Waals surface area contributed by atoms with E-state index in [1.807, 2.05) is 13.0 Å². The van der Waals surface area contributed by atoms with Crippen LogP contribution in [0.15, 0.2) is 18.2 Å². The van der Waals surface area contributed by atoms with E-state index >= 15 is 0 Å². The molecule has 1 aliphatic rings. The Morgan fingerprint density at radius 2 is 2.05 bits per heavy atom. The smallest absolute Gasteiger partial charge is 0.128 e. The van der Waals surface area contributed by atoms with Crippen molar-refractivity contribution in [2.45, 2.75) is 26.3 Å². The Kier molecular flexibility index (Phi) is 4.71. The first-order chi connectivity index (χ1) is 9.11. The molecule has 2 N–H and O–H groups in total. The summed E-state index contributed by atoms with van der Waals surface area (Å²) in [6.07, 6.45) is 0.984. The van der Waals surface area contributed by atoms with Crippen molar-refractivity contribution in [3.63, 3.8) is 0 Å². The van der Waals surface area contributed by atoms with Gasteiger partial charge in [-0.3, -0.25) is 4.90 Å². The summed E-state index contributed by atoms with van der Waals surface area (Å²) in [5.41, 5.74) is 6.87. The van der Waals surface area contributed by atoms with Gasteiger partial charge in [-0.05, 0) is 25.5 Å². The highest BCUT2D eigenvalue weighted by Crippen LogP contribution is 2.16. The lowest BCUT2D eigenvalue weighted by atomic mass is 10.1. The van der Waals surface area contributed by atoms with Gasteiger partial charge in [-0.1, -0.05) is 25.2 Å². The van der Waals surface area contributed by atoms with Gasteiger partial charge in [-0.25, -0.2) is 4.98 Å². The largest absolute Gasteiger partial charge is 0.392 e. The molecule has 1 atom stereocenters. The number of aryl methyl sites for hydroxylation is 1. The maximum Gasteiger partial charge on any atom is 0.128 e. The van der Waals surface area contributed by atoms with Crippen LogP contribution in [0.3, 0.4) is 0 Å². The van der Waals surface area contributed by atoms with Crippen molar-refractivity contribution in [2.24, 2.45) is 5.73 Å². The van der Waals surface area contributed by atoms with Crippen LogP contribution >= 0.6 is 12.2 Å². The van der Waals surface area contributed by atoms with Gasteiger partial charge in [-0.15, -0.1) is 0 Å². The Balaban J connectivity index is 1.97. The Morgan fingerprint density at radius 3 is 2.58 bits per heavy atom. The SMILES string of the molecule is CCC(C(N)=S)N1CCN(c2cccc(C)n2)CC1. The van der Waals surface area contributed by atoms with E-state index in [9.17, 15) is 0 Å². The van der Waals surface area contributed by atoms with Crippen LogP contribution in [0.2, 0.25) is 0 Å². The minimum atomic E-state index is 0.239. The highest BCUT2D eigenvalue weighted by atomic mass is 32.1. The fourth-order valence-electron chi connectivity index (χ4n) is 2.61. The number of rotatable bonds is 4. The van der Waals surface area contributed by atoms with Crippen molar-refractivity contribution in [1.82, 2.24) is 9.88 Å². The van der Waals surface area contributed by atoms with E-state index < -0.39 is 0 Å². The van der Waals surface area contributed by atoms with E-state index in [1.54, 1.807) is 0 Å². The quantitative estimate of drug-likeness (QED) is 0.847. The highest BCUT2D eigenvalue weighted by molar-refractivity contribution is 7.80. The Labute approximate surface area is 120 Å². The second-order valence-electron chi connectivity index (χ2n) is 4.99. The summed E-state index contributed by atoms with van der Waals surface area (Å²) < 4.78 is 0. The number of nitrogens with zero attached hydrogens (tertiary/aromatic N) is 3. The van der Waals surface area contributed by atoms with E-state index in [2.05, 4.69) is 33.8 Å². The summed E-state index contributed by atoms with van der Waals surface area (Å²) >= 11 is 5.15. The van der Waals surface area contributed by atoms with Gasteiger partial charge >= 0.3 is 0 Å². The van der Waals surface area contributed by atoms with E-state index in [0.29, 0.717) is 4.99 Å². The van der Waals surface area contributed by atoms with Crippen LogP contribution in [-0.4, -0.2) is 47.1 Å². The maximum absolute atomic E-state index is 5.81. The molecule has 2 rings (SSSR count). The van der Waals surface area contributed by atoms with Gasteiger partial charge in [0.15, 0.2) is 0 Å². The summed E-state index contributed by atoms with van der Waals surface area (Å²) in [7, 11) is 0. The number of piperazine rings is 1. The fraction of sp³-hybridized carbons (Fsp3) is 0.571. The topological polar surface area (TPSA) is 45.4 Å². The molecule has 0 bridgehead atoms. The molecule has 0 aliphatic carbocycles. The lowest BCUT2D eigenvalue weighted by molar-refractivity contribution is 0.224. The minimum absolute atomic E-state index is 0.239. The number of aromatic nitrogens is 1. The standard InChI is InChI=1S/C14H22N4S/c1-3-12(14(15)19)17-7-9-18(10-8-17)13-6-4-5-11(2)16-13/h4-6,12H,3,7-10H2,1-2H3,(H2,15,19). The molecule has 0 saturated carbocycles. The lowest BCUT2D eigenvalue weighted by Crippen LogP contribution is -2.53. The molecular formula is C14H22N4S. The predicted octanol–water partition coefficient (Wildman–Crippen LogP) is 1.58. The van der Waals surface area contributed by atoms with Crippen molar-refractivity contribution in [3.05, 3.63) is 23.9 Å². The zero-order valence-electron chi connectivity index (χ0n) is 11.7. The van der Waals surface area contributed by atoms with Crippen molar-refractivity contribution < 1.29 is 0 Å². The molecule has 1 aromatic rings. The first-order valence-corrected chi connectivity index (χ1v) is 7.24. The van der Waals surface area contributed by atoms with Gasteiger partial charge in [-0.2, -0.15) is 0 Å². The third-order valence-electron chi connectivity index (χ3n) is 3.67. The third-order valence-corrected chi connectivity index (χ3v) is 3.94. The van der Waals surface area contributed by atoms with E-state index in [0.717, 1.165) is 44.1 Å². The van der Waals surface area contributed by atoms with Crippen LogP contribution in [0.5, 0.6) is 0 Å².